The SMILES string of the molecule is CC(NS(=O)(=O)c1ccccc1)c1cc(CCC(=O)O)cc(C(CO)c2cccnc2)c1. The Balaban J connectivity index is 1.97. The lowest BCUT2D eigenvalue weighted by molar-refractivity contribution is -0.136. The molecule has 168 valence electrons. The molecule has 2 aromatic carbocycles. The summed E-state index contributed by atoms with van der Waals surface area (Å²) in [7, 11) is -3.74. The number of nitrogens with zero attached hydrogens (tertiary/aromatic N) is 1. The number of aliphatic carboxylic acids is 1. The van der Waals surface area contributed by atoms with E-state index < -0.39 is 22.0 Å². The zero-order chi connectivity index (χ0) is 23.1. The molecule has 2 unspecified atom stereocenters. The third kappa shape index (κ3) is 6.00. The molecule has 2 atom stereocenters. The van der Waals surface area contributed by atoms with Crippen molar-refractivity contribution in [3.63, 3.8) is 0 Å². The second-order valence-electron chi connectivity index (χ2n) is 7.58. The van der Waals surface area contributed by atoms with E-state index in [1.54, 1.807) is 43.6 Å². The number of aryl methyl sites for hydroxylation is 1. The van der Waals surface area contributed by atoms with Gasteiger partial charge >= 0.3 is 5.97 Å². The first-order chi connectivity index (χ1) is 15.3. The molecule has 0 saturated carbocycles. The predicted molar refractivity (Wildman–Crippen MR) is 121 cm³/mol. The third-order valence-electron chi connectivity index (χ3n) is 5.22. The quantitative estimate of drug-likeness (QED) is 0.433. The van der Waals surface area contributed by atoms with Crippen LogP contribution in [-0.4, -0.2) is 36.2 Å². The van der Waals surface area contributed by atoms with Gasteiger partial charge in [0.25, 0.3) is 0 Å². The van der Waals surface area contributed by atoms with E-state index in [1.807, 2.05) is 24.3 Å². The van der Waals surface area contributed by atoms with Crippen LogP contribution in [0.4, 0.5) is 0 Å². The van der Waals surface area contributed by atoms with Crippen LogP contribution in [0.2, 0.25) is 0 Å². The molecule has 0 saturated heterocycles. The number of carboxylic acid groups (broad SMARTS) is 1. The van der Waals surface area contributed by atoms with Gasteiger partial charge < -0.3 is 10.2 Å². The second-order valence-corrected chi connectivity index (χ2v) is 9.29. The average molecular weight is 455 g/mol. The van der Waals surface area contributed by atoms with Crippen molar-refractivity contribution in [1.29, 1.82) is 0 Å². The summed E-state index contributed by atoms with van der Waals surface area (Å²) in [6.45, 7) is 1.57. The largest absolute Gasteiger partial charge is 0.481 e. The lowest BCUT2D eigenvalue weighted by atomic mass is 9.88. The second kappa shape index (κ2) is 10.5. The van der Waals surface area contributed by atoms with Crippen molar-refractivity contribution < 1.29 is 23.4 Å². The minimum Gasteiger partial charge on any atom is -0.481 e. The first kappa shape index (κ1) is 23.6. The summed E-state index contributed by atoms with van der Waals surface area (Å²) in [5, 5.41) is 19.2. The van der Waals surface area contributed by atoms with Crippen LogP contribution in [0.15, 0.2) is 78.0 Å². The van der Waals surface area contributed by atoms with Gasteiger partial charge in [-0.3, -0.25) is 9.78 Å². The number of hydrogen-bond acceptors (Lipinski definition) is 5. The molecule has 0 spiro atoms. The predicted octanol–water partition coefficient (Wildman–Crippen LogP) is 3.26. The molecule has 3 aromatic rings. The van der Waals surface area contributed by atoms with Gasteiger partial charge in [0.2, 0.25) is 10.0 Å². The van der Waals surface area contributed by atoms with Gasteiger partial charge in [-0.25, -0.2) is 13.1 Å². The number of aliphatic hydroxyl groups is 1. The lowest BCUT2D eigenvalue weighted by Gasteiger charge is -2.21. The Kier molecular flexibility index (Phi) is 7.74. The Morgan fingerprint density at radius 1 is 1.03 bits per heavy atom. The molecule has 3 rings (SSSR count). The van der Waals surface area contributed by atoms with Crippen LogP contribution in [0.3, 0.4) is 0 Å². The highest BCUT2D eigenvalue weighted by Gasteiger charge is 2.21. The van der Waals surface area contributed by atoms with E-state index in [9.17, 15) is 18.3 Å². The molecule has 0 aliphatic heterocycles. The summed E-state index contributed by atoms with van der Waals surface area (Å²) >= 11 is 0. The number of carbonyl (C=O) groups is 1. The molecule has 1 heterocycles. The fourth-order valence-corrected chi connectivity index (χ4v) is 4.80. The van der Waals surface area contributed by atoms with Crippen molar-refractivity contribution in [3.05, 3.63) is 95.3 Å². The number of sulfonamides is 1. The number of nitrogens with one attached hydrogen (secondary N) is 1. The Morgan fingerprint density at radius 2 is 1.75 bits per heavy atom. The topological polar surface area (TPSA) is 117 Å². The number of pyridine rings is 1. The van der Waals surface area contributed by atoms with Gasteiger partial charge in [0.1, 0.15) is 0 Å². The van der Waals surface area contributed by atoms with Crippen molar-refractivity contribution in [2.45, 2.75) is 36.6 Å². The zero-order valence-corrected chi connectivity index (χ0v) is 18.5. The molecule has 1 aromatic heterocycles. The molecule has 0 fully saturated rings. The Bertz CT molecular complexity index is 1150. The van der Waals surface area contributed by atoms with Crippen LogP contribution in [0.25, 0.3) is 0 Å². The number of aromatic nitrogens is 1. The van der Waals surface area contributed by atoms with Gasteiger partial charge in [-0.05, 0) is 53.8 Å². The van der Waals surface area contributed by atoms with Crippen molar-refractivity contribution in [2.75, 3.05) is 6.61 Å². The summed E-state index contributed by atoms with van der Waals surface area (Å²) in [5.74, 6) is -1.29. The van der Waals surface area contributed by atoms with E-state index in [-0.39, 0.29) is 23.8 Å². The van der Waals surface area contributed by atoms with Crippen LogP contribution in [0.5, 0.6) is 0 Å². The molecule has 0 aliphatic carbocycles. The maximum Gasteiger partial charge on any atom is 0.303 e. The van der Waals surface area contributed by atoms with E-state index in [2.05, 4.69) is 9.71 Å². The van der Waals surface area contributed by atoms with Crippen molar-refractivity contribution >= 4 is 16.0 Å². The smallest absolute Gasteiger partial charge is 0.303 e. The monoisotopic (exact) mass is 454 g/mol. The molecule has 3 N–H and O–H groups in total. The number of aliphatic hydroxyl groups excluding tert-OH is 1. The highest BCUT2D eigenvalue weighted by molar-refractivity contribution is 7.89. The molecule has 8 heteroatoms. The molecule has 0 aliphatic rings. The number of rotatable bonds is 10. The van der Waals surface area contributed by atoms with Gasteiger partial charge in [-0.15, -0.1) is 0 Å². The normalized spacial score (nSPS) is 13.4. The van der Waals surface area contributed by atoms with E-state index in [0.29, 0.717) is 12.0 Å². The van der Waals surface area contributed by atoms with Gasteiger partial charge in [0.15, 0.2) is 0 Å². The molecular formula is C24H26N2O5S. The van der Waals surface area contributed by atoms with Crippen LogP contribution < -0.4 is 4.72 Å². The van der Waals surface area contributed by atoms with E-state index in [1.165, 1.54) is 12.1 Å². The minimum atomic E-state index is -3.74. The van der Waals surface area contributed by atoms with Crippen LogP contribution >= 0.6 is 0 Å². The fourth-order valence-electron chi connectivity index (χ4n) is 3.55. The zero-order valence-electron chi connectivity index (χ0n) is 17.7. The molecule has 0 radical (unpaired) electrons. The summed E-state index contributed by atoms with van der Waals surface area (Å²) in [5.41, 5.74) is 3.02. The number of hydrogen-bond donors (Lipinski definition) is 3. The Morgan fingerprint density at radius 3 is 2.38 bits per heavy atom. The molecular weight excluding hydrogens is 428 g/mol. The Labute approximate surface area is 187 Å². The summed E-state index contributed by atoms with van der Waals surface area (Å²) in [4.78, 5) is 15.4. The lowest BCUT2D eigenvalue weighted by Crippen LogP contribution is -2.27. The van der Waals surface area contributed by atoms with Crippen LogP contribution in [0, 0.1) is 0 Å². The fraction of sp³-hybridized carbons (Fsp3) is 0.250. The first-order valence-electron chi connectivity index (χ1n) is 10.2. The highest BCUT2D eigenvalue weighted by Crippen LogP contribution is 2.29. The van der Waals surface area contributed by atoms with Crippen LogP contribution in [-0.2, 0) is 21.2 Å². The van der Waals surface area contributed by atoms with Crippen molar-refractivity contribution in [1.82, 2.24) is 9.71 Å². The maximum absolute atomic E-state index is 12.8. The minimum absolute atomic E-state index is 0.0519. The van der Waals surface area contributed by atoms with Gasteiger partial charge in [-0.1, -0.05) is 42.5 Å². The van der Waals surface area contributed by atoms with E-state index >= 15 is 0 Å². The first-order valence-corrected chi connectivity index (χ1v) is 11.7. The Hall–Kier alpha value is -3.07. The maximum atomic E-state index is 12.8. The summed E-state index contributed by atoms with van der Waals surface area (Å²) in [6.07, 6.45) is 3.56. The molecule has 7 nitrogen and oxygen atoms in total. The van der Waals surface area contributed by atoms with E-state index in [0.717, 1.165) is 16.7 Å². The van der Waals surface area contributed by atoms with Crippen molar-refractivity contribution in [2.24, 2.45) is 0 Å². The highest BCUT2D eigenvalue weighted by atomic mass is 32.2. The van der Waals surface area contributed by atoms with Crippen LogP contribution in [0.1, 0.15) is 47.6 Å². The average Bonchev–Trinajstić information content (AvgIpc) is 2.79. The van der Waals surface area contributed by atoms with Gasteiger partial charge in [-0.2, -0.15) is 0 Å². The molecule has 0 bridgehead atoms. The standard InChI is InChI=1S/C24H26N2O5S/c1-17(26-32(30,31)22-7-3-2-4-8-22)20-12-18(9-10-24(28)29)13-21(14-20)23(16-27)19-6-5-11-25-15-19/h2-8,11-15,17,23,26-27H,9-10,16H2,1H3,(H,28,29). The summed E-state index contributed by atoms with van der Waals surface area (Å²) in [6, 6.07) is 16.7. The molecule has 0 amide bonds. The van der Waals surface area contributed by atoms with Gasteiger partial charge in [0.05, 0.1) is 11.5 Å². The number of benzene rings is 2. The van der Waals surface area contributed by atoms with E-state index in [4.69, 9.17) is 5.11 Å². The van der Waals surface area contributed by atoms with Crippen molar-refractivity contribution in [3.8, 4) is 0 Å². The molecule has 32 heavy (non-hydrogen) atoms. The summed E-state index contributed by atoms with van der Waals surface area (Å²) < 4.78 is 28.2. The third-order valence-corrected chi connectivity index (χ3v) is 6.78. The van der Waals surface area contributed by atoms with Gasteiger partial charge in [0, 0.05) is 30.8 Å². The number of carboxylic acids is 1.